The first-order valence-corrected chi connectivity index (χ1v) is 6.47. The van der Waals surface area contributed by atoms with E-state index in [9.17, 15) is 14.5 Å². The lowest BCUT2D eigenvalue weighted by atomic mass is 10.1. The average Bonchev–Trinajstić information content (AvgIpc) is 2.66. The molecule has 0 saturated carbocycles. The molecule has 1 aliphatic rings. The van der Waals surface area contributed by atoms with Crippen LogP contribution in [0.5, 0.6) is 0 Å². The van der Waals surface area contributed by atoms with Gasteiger partial charge in [-0.05, 0) is 38.4 Å². The van der Waals surface area contributed by atoms with Gasteiger partial charge < -0.3 is 10.2 Å². The summed E-state index contributed by atoms with van der Waals surface area (Å²) in [6.45, 7) is 1.85. The van der Waals surface area contributed by atoms with E-state index in [-0.39, 0.29) is 11.7 Å². The molecule has 0 aliphatic carbocycles. The van der Waals surface area contributed by atoms with Gasteiger partial charge in [-0.2, -0.15) is 0 Å². The van der Waals surface area contributed by atoms with Crippen LogP contribution in [0.15, 0.2) is 18.2 Å². The van der Waals surface area contributed by atoms with E-state index in [2.05, 4.69) is 5.32 Å². The van der Waals surface area contributed by atoms with Crippen molar-refractivity contribution in [2.45, 2.75) is 25.3 Å². The van der Waals surface area contributed by atoms with Crippen molar-refractivity contribution in [1.82, 2.24) is 5.32 Å². The highest BCUT2D eigenvalue weighted by atomic mass is 19.1. The molecule has 1 N–H and O–H groups in total. The van der Waals surface area contributed by atoms with Gasteiger partial charge in [0.05, 0.1) is 4.92 Å². The van der Waals surface area contributed by atoms with E-state index in [0.717, 1.165) is 38.4 Å². The normalized spacial score (nSPS) is 19.8. The Hall–Kier alpha value is -1.69. The van der Waals surface area contributed by atoms with Crippen LogP contribution in [-0.4, -0.2) is 31.1 Å². The van der Waals surface area contributed by atoms with Gasteiger partial charge in [0, 0.05) is 25.2 Å². The first-order chi connectivity index (χ1) is 9.09. The lowest BCUT2D eigenvalue weighted by Gasteiger charge is -2.28. The fourth-order valence-electron chi connectivity index (χ4n) is 2.52. The third-order valence-electron chi connectivity index (χ3n) is 3.61. The molecule has 1 saturated heterocycles. The average molecular weight is 267 g/mol. The highest BCUT2D eigenvalue weighted by Gasteiger charge is 2.24. The summed E-state index contributed by atoms with van der Waals surface area (Å²) in [5.74, 6) is -0.445. The van der Waals surface area contributed by atoms with E-state index in [1.54, 1.807) is 7.05 Å². The van der Waals surface area contributed by atoms with Crippen molar-refractivity contribution in [2.24, 2.45) is 0 Å². The quantitative estimate of drug-likeness (QED) is 0.674. The van der Waals surface area contributed by atoms with Crippen LogP contribution in [0.3, 0.4) is 0 Å². The monoisotopic (exact) mass is 267 g/mol. The number of benzene rings is 1. The maximum absolute atomic E-state index is 13.4. The lowest BCUT2D eigenvalue weighted by Crippen LogP contribution is -2.32. The molecule has 1 aromatic carbocycles. The highest BCUT2D eigenvalue weighted by Crippen LogP contribution is 2.31. The van der Waals surface area contributed by atoms with Gasteiger partial charge in [-0.1, -0.05) is 0 Å². The first-order valence-electron chi connectivity index (χ1n) is 6.47. The van der Waals surface area contributed by atoms with Crippen molar-refractivity contribution in [1.29, 1.82) is 0 Å². The maximum Gasteiger partial charge on any atom is 0.292 e. The molecule has 5 nitrogen and oxygen atoms in total. The smallest absolute Gasteiger partial charge is 0.292 e. The molecule has 1 heterocycles. The Morgan fingerprint density at radius 2 is 2.21 bits per heavy atom. The van der Waals surface area contributed by atoms with E-state index in [4.69, 9.17) is 0 Å². The Bertz CT molecular complexity index is 459. The first kappa shape index (κ1) is 13.7. The number of nitrogens with zero attached hydrogens (tertiary/aromatic N) is 2. The second kappa shape index (κ2) is 5.97. The summed E-state index contributed by atoms with van der Waals surface area (Å²) < 4.78 is 13.4. The third kappa shape index (κ3) is 3.20. The van der Waals surface area contributed by atoms with E-state index in [0.29, 0.717) is 5.69 Å². The summed E-state index contributed by atoms with van der Waals surface area (Å²) >= 11 is 0. The highest BCUT2D eigenvalue weighted by molar-refractivity contribution is 5.63. The number of nitro groups is 1. The predicted octanol–water partition coefficient (Wildman–Crippen LogP) is 2.31. The molecule has 1 aromatic rings. The summed E-state index contributed by atoms with van der Waals surface area (Å²) in [6, 6.07) is 3.81. The Labute approximate surface area is 111 Å². The van der Waals surface area contributed by atoms with Crippen LogP contribution in [0, 0.1) is 15.9 Å². The van der Waals surface area contributed by atoms with Crippen molar-refractivity contribution in [2.75, 3.05) is 25.0 Å². The molecule has 0 aromatic heterocycles. The van der Waals surface area contributed by atoms with Crippen molar-refractivity contribution in [3.63, 3.8) is 0 Å². The molecule has 0 radical (unpaired) electrons. The number of nitrogens with one attached hydrogen (secondary N) is 1. The zero-order valence-corrected chi connectivity index (χ0v) is 10.9. The molecular weight excluding hydrogens is 249 g/mol. The standard InChI is InChI=1S/C13H18FN3O2/c1-16(11-3-2-7-15-8-6-11)13-9-10(14)4-5-12(13)17(18)19/h4-5,9,11,15H,2-3,6-8H2,1H3. The molecule has 104 valence electrons. The van der Waals surface area contributed by atoms with Crippen LogP contribution in [-0.2, 0) is 0 Å². The van der Waals surface area contributed by atoms with Gasteiger partial charge in [-0.3, -0.25) is 10.1 Å². The van der Waals surface area contributed by atoms with Crippen molar-refractivity contribution < 1.29 is 9.31 Å². The SMILES string of the molecule is CN(c1cc(F)ccc1[N+](=O)[O-])C1CCCNCC1. The second-order valence-electron chi connectivity index (χ2n) is 4.84. The molecular formula is C13H18FN3O2. The topological polar surface area (TPSA) is 58.4 Å². The van der Waals surface area contributed by atoms with Crippen LogP contribution >= 0.6 is 0 Å². The number of hydrogen-bond acceptors (Lipinski definition) is 4. The van der Waals surface area contributed by atoms with Crippen LogP contribution in [0.1, 0.15) is 19.3 Å². The fraction of sp³-hybridized carbons (Fsp3) is 0.538. The number of nitro benzene ring substituents is 1. The van der Waals surface area contributed by atoms with Crippen LogP contribution in [0.2, 0.25) is 0 Å². The molecule has 1 fully saturated rings. The second-order valence-corrected chi connectivity index (χ2v) is 4.84. The van der Waals surface area contributed by atoms with E-state index in [1.807, 2.05) is 4.90 Å². The Balaban J connectivity index is 2.28. The number of hydrogen-bond donors (Lipinski definition) is 1. The number of halogens is 1. The molecule has 19 heavy (non-hydrogen) atoms. The van der Waals surface area contributed by atoms with Gasteiger partial charge in [0.15, 0.2) is 0 Å². The summed E-state index contributed by atoms with van der Waals surface area (Å²) in [5, 5.41) is 14.3. The minimum Gasteiger partial charge on any atom is -0.366 e. The van der Waals surface area contributed by atoms with Crippen molar-refractivity contribution in [3.8, 4) is 0 Å². The van der Waals surface area contributed by atoms with Gasteiger partial charge in [0.25, 0.3) is 5.69 Å². The molecule has 1 unspecified atom stereocenters. The Morgan fingerprint density at radius 3 is 2.95 bits per heavy atom. The molecule has 1 atom stereocenters. The van der Waals surface area contributed by atoms with Crippen LogP contribution < -0.4 is 10.2 Å². The molecule has 0 amide bonds. The molecule has 0 bridgehead atoms. The minimum atomic E-state index is -0.458. The third-order valence-corrected chi connectivity index (χ3v) is 3.61. The van der Waals surface area contributed by atoms with Gasteiger partial charge in [-0.25, -0.2) is 4.39 Å². The maximum atomic E-state index is 13.4. The summed E-state index contributed by atoms with van der Waals surface area (Å²) in [4.78, 5) is 12.4. The predicted molar refractivity (Wildman–Crippen MR) is 72.0 cm³/mol. The summed E-state index contributed by atoms with van der Waals surface area (Å²) in [5.41, 5.74) is 0.318. The fourth-order valence-corrected chi connectivity index (χ4v) is 2.52. The zero-order chi connectivity index (χ0) is 13.8. The van der Waals surface area contributed by atoms with Crippen molar-refractivity contribution >= 4 is 11.4 Å². The van der Waals surface area contributed by atoms with Gasteiger partial charge >= 0.3 is 0 Å². The van der Waals surface area contributed by atoms with E-state index in [1.165, 1.54) is 12.1 Å². The number of rotatable bonds is 3. The van der Waals surface area contributed by atoms with E-state index >= 15 is 0 Å². The molecule has 6 heteroatoms. The summed E-state index contributed by atoms with van der Waals surface area (Å²) in [7, 11) is 1.80. The van der Waals surface area contributed by atoms with Gasteiger partial charge in [0.2, 0.25) is 0 Å². The van der Waals surface area contributed by atoms with E-state index < -0.39 is 10.7 Å². The lowest BCUT2D eigenvalue weighted by molar-refractivity contribution is -0.384. The molecule has 0 spiro atoms. The zero-order valence-electron chi connectivity index (χ0n) is 10.9. The van der Waals surface area contributed by atoms with Gasteiger partial charge in [-0.15, -0.1) is 0 Å². The Kier molecular flexibility index (Phi) is 4.31. The van der Waals surface area contributed by atoms with Crippen LogP contribution in [0.25, 0.3) is 0 Å². The van der Waals surface area contributed by atoms with Crippen LogP contribution in [0.4, 0.5) is 15.8 Å². The van der Waals surface area contributed by atoms with Crippen molar-refractivity contribution in [3.05, 3.63) is 34.1 Å². The Morgan fingerprint density at radius 1 is 1.42 bits per heavy atom. The number of anilines is 1. The minimum absolute atomic E-state index is 0.0406. The molecule has 2 rings (SSSR count). The largest absolute Gasteiger partial charge is 0.366 e. The summed E-state index contributed by atoms with van der Waals surface area (Å²) in [6.07, 6.45) is 2.89. The van der Waals surface area contributed by atoms with Gasteiger partial charge in [0.1, 0.15) is 11.5 Å². The molecule has 1 aliphatic heterocycles.